The average molecular weight is 770 g/mol. The summed E-state index contributed by atoms with van der Waals surface area (Å²) in [7, 11) is 0. The molecule has 0 aliphatic heterocycles. The molecule has 0 saturated heterocycles. The molecule has 7 aromatic carbocycles. The summed E-state index contributed by atoms with van der Waals surface area (Å²) in [5.74, 6) is 2.55. The van der Waals surface area contributed by atoms with Crippen LogP contribution in [0.2, 0.25) is 0 Å². The first-order chi connectivity index (χ1) is 29.5. The first-order valence-corrected chi connectivity index (χ1v) is 20.8. The highest BCUT2D eigenvalue weighted by Gasteiger charge is 2.35. The number of rotatable bonds is 5. The predicted octanol–water partition coefficient (Wildman–Crippen LogP) is 14.1. The SMILES string of the molecule is CC1(C)c2ccccc2-c2cc(-c3nc(-c4ccccc4)nc(-c4ccccc4-c4cccc5oc6ccc(C7=CC8c9ccccc9C=CC8C=C7)cc6c45)n3)ccc21. The van der Waals surface area contributed by atoms with Crippen molar-refractivity contribution in [2.24, 2.45) is 5.92 Å². The minimum absolute atomic E-state index is 0.0891. The van der Waals surface area contributed by atoms with Gasteiger partial charge in [0.1, 0.15) is 11.2 Å². The lowest BCUT2D eigenvalue weighted by Crippen LogP contribution is -2.14. The number of benzene rings is 7. The zero-order valence-corrected chi connectivity index (χ0v) is 33.3. The second kappa shape index (κ2) is 13.3. The van der Waals surface area contributed by atoms with Gasteiger partial charge in [0.2, 0.25) is 0 Å². The second-order valence-corrected chi connectivity index (χ2v) is 16.7. The maximum absolute atomic E-state index is 6.58. The molecule has 0 N–H and O–H groups in total. The van der Waals surface area contributed by atoms with Gasteiger partial charge in [0, 0.05) is 44.7 Å². The van der Waals surface area contributed by atoms with E-state index < -0.39 is 0 Å². The molecular formula is C56H39N3O. The van der Waals surface area contributed by atoms with E-state index in [-0.39, 0.29) is 5.41 Å². The standard InChI is InChI=1S/C56H39N3O/c1-56(2)48-21-11-10-18-42(48)46-33-39(27-29-49(46)56)54-57-53(36-14-4-3-5-15-36)58-55(59-54)44-19-9-8-17-41(44)43-20-12-22-51-52(43)47-32-38(28-30-50(47)60-51)37-26-25-35-24-23-34-13-6-7-16-40(34)45(35)31-37/h3-33,35,45H,1-2H3. The van der Waals surface area contributed by atoms with E-state index >= 15 is 0 Å². The minimum Gasteiger partial charge on any atom is -0.456 e. The highest BCUT2D eigenvalue weighted by Crippen LogP contribution is 2.50. The van der Waals surface area contributed by atoms with Gasteiger partial charge in [0.15, 0.2) is 17.5 Å². The Morgan fingerprint density at radius 2 is 1.17 bits per heavy atom. The predicted molar refractivity (Wildman–Crippen MR) is 245 cm³/mol. The number of aromatic nitrogens is 3. The molecule has 0 radical (unpaired) electrons. The highest BCUT2D eigenvalue weighted by atomic mass is 16.3. The van der Waals surface area contributed by atoms with Crippen LogP contribution in [-0.4, -0.2) is 15.0 Å². The van der Waals surface area contributed by atoms with E-state index in [0.717, 1.165) is 49.8 Å². The van der Waals surface area contributed by atoms with Gasteiger partial charge >= 0.3 is 0 Å². The van der Waals surface area contributed by atoms with Gasteiger partial charge in [0.25, 0.3) is 0 Å². The van der Waals surface area contributed by atoms with Gasteiger partial charge in [-0.05, 0) is 79.9 Å². The van der Waals surface area contributed by atoms with Crippen LogP contribution in [-0.2, 0) is 5.41 Å². The smallest absolute Gasteiger partial charge is 0.164 e. The molecule has 0 amide bonds. The topological polar surface area (TPSA) is 51.8 Å². The first kappa shape index (κ1) is 34.6. The summed E-state index contributed by atoms with van der Waals surface area (Å²) in [5, 5.41) is 2.15. The van der Waals surface area contributed by atoms with E-state index in [1.807, 2.05) is 18.2 Å². The fourth-order valence-corrected chi connectivity index (χ4v) is 9.89. The molecule has 2 atom stereocenters. The summed E-state index contributed by atoms with van der Waals surface area (Å²) in [4.78, 5) is 15.6. The van der Waals surface area contributed by atoms with Gasteiger partial charge in [-0.1, -0.05) is 178 Å². The maximum Gasteiger partial charge on any atom is 0.164 e. The molecule has 9 aromatic rings. The lowest BCUT2D eigenvalue weighted by molar-refractivity contribution is 0.660. The van der Waals surface area contributed by atoms with Gasteiger partial charge in [-0.3, -0.25) is 0 Å². The van der Waals surface area contributed by atoms with Crippen molar-refractivity contribution in [2.75, 3.05) is 0 Å². The van der Waals surface area contributed by atoms with Crippen molar-refractivity contribution < 1.29 is 4.42 Å². The molecule has 3 aliphatic carbocycles. The fourth-order valence-electron chi connectivity index (χ4n) is 9.89. The number of fused-ring (bicyclic) bond motifs is 9. The molecular weight excluding hydrogens is 731 g/mol. The second-order valence-electron chi connectivity index (χ2n) is 16.7. The molecule has 2 heterocycles. The molecule has 3 aliphatic rings. The van der Waals surface area contributed by atoms with Crippen LogP contribution in [0.15, 0.2) is 186 Å². The van der Waals surface area contributed by atoms with Crippen molar-refractivity contribution in [3.63, 3.8) is 0 Å². The molecule has 4 heteroatoms. The Morgan fingerprint density at radius 3 is 2.05 bits per heavy atom. The van der Waals surface area contributed by atoms with Gasteiger partial charge in [-0.25, -0.2) is 15.0 Å². The summed E-state index contributed by atoms with van der Waals surface area (Å²) >= 11 is 0. The highest BCUT2D eigenvalue weighted by molar-refractivity contribution is 6.14. The quantitative estimate of drug-likeness (QED) is 0.175. The molecule has 284 valence electrons. The lowest BCUT2D eigenvalue weighted by Gasteiger charge is -2.29. The Bertz CT molecular complexity index is 3310. The van der Waals surface area contributed by atoms with Gasteiger partial charge in [-0.2, -0.15) is 0 Å². The fraction of sp³-hybridized carbons (Fsp3) is 0.0893. The van der Waals surface area contributed by atoms with Crippen LogP contribution in [0, 0.1) is 5.92 Å². The summed E-state index contributed by atoms with van der Waals surface area (Å²) in [6.07, 6.45) is 11.7. The number of hydrogen-bond acceptors (Lipinski definition) is 4. The van der Waals surface area contributed by atoms with Crippen LogP contribution in [0.3, 0.4) is 0 Å². The van der Waals surface area contributed by atoms with Crippen LogP contribution in [0.5, 0.6) is 0 Å². The van der Waals surface area contributed by atoms with E-state index in [1.54, 1.807) is 0 Å². The molecule has 0 bridgehead atoms. The van der Waals surface area contributed by atoms with Crippen LogP contribution >= 0.6 is 0 Å². The van der Waals surface area contributed by atoms with Crippen LogP contribution in [0.1, 0.15) is 47.6 Å². The van der Waals surface area contributed by atoms with Gasteiger partial charge in [-0.15, -0.1) is 0 Å². The van der Waals surface area contributed by atoms with Crippen molar-refractivity contribution >= 4 is 33.6 Å². The summed E-state index contributed by atoms with van der Waals surface area (Å²) in [6, 6.07) is 55.8. The molecule has 0 fully saturated rings. The Balaban J connectivity index is 1.01. The molecule has 0 spiro atoms. The van der Waals surface area contributed by atoms with Crippen molar-refractivity contribution in [1.82, 2.24) is 15.0 Å². The largest absolute Gasteiger partial charge is 0.456 e. The summed E-state index contributed by atoms with van der Waals surface area (Å²) < 4.78 is 6.58. The zero-order valence-electron chi connectivity index (χ0n) is 33.3. The molecule has 2 unspecified atom stereocenters. The Morgan fingerprint density at radius 1 is 0.483 bits per heavy atom. The third kappa shape index (κ3) is 5.41. The van der Waals surface area contributed by atoms with E-state index in [9.17, 15) is 0 Å². The monoisotopic (exact) mass is 769 g/mol. The molecule has 0 saturated carbocycles. The van der Waals surface area contributed by atoms with Crippen molar-refractivity contribution in [3.8, 4) is 56.4 Å². The molecule has 12 rings (SSSR count). The molecule has 4 nitrogen and oxygen atoms in total. The molecule has 2 aromatic heterocycles. The number of nitrogens with zero attached hydrogens (tertiary/aromatic N) is 3. The van der Waals surface area contributed by atoms with E-state index in [1.165, 1.54) is 44.5 Å². The van der Waals surface area contributed by atoms with Crippen LogP contribution in [0.25, 0.3) is 90.0 Å². The Kier molecular flexibility index (Phi) is 7.67. The molecule has 60 heavy (non-hydrogen) atoms. The van der Waals surface area contributed by atoms with Crippen molar-refractivity contribution in [1.29, 1.82) is 0 Å². The van der Waals surface area contributed by atoms with Crippen molar-refractivity contribution in [2.45, 2.75) is 25.2 Å². The summed E-state index contributed by atoms with van der Waals surface area (Å²) in [6.45, 7) is 4.61. The average Bonchev–Trinajstić information content (AvgIpc) is 3.80. The minimum atomic E-state index is -0.0891. The Hall–Kier alpha value is -7.43. The van der Waals surface area contributed by atoms with Crippen molar-refractivity contribution in [3.05, 3.63) is 210 Å². The number of furan rings is 1. The maximum atomic E-state index is 6.58. The normalized spacial score (nSPS) is 16.9. The van der Waals surface area contributed by atoms with Crippen LogP contribution < -0.4 is 0 Å². The lowest BCUT2D eigenvalue weighted by atomic mass is 9.75. The first-order valence-electron chi connectivity index (χ1n) is 20.8. The zero-order chi connectivity index (χ0) is 40.0. The van der Waals surface area contributed by atoms with E-state index in [2.05, 4.69) is 184 Å². The third-order valence-electron chi connectivity index (χ3n) is 12.9. The van der Waals surface area contributed by atoms with Gasteiger partial charge in [0.05, 0.1) is 0 Å². The van der Waals surface area contributed by atoms with E-state index in [0.29, 0.717) is 29.3 Å². The van der Waals surface area contributed by atoms with Gasteiger partial charge < -0.3 is 4.42 Å². The number of allylic oxidation sites excluding steroid dienone is 5. The van der Waals surface area contributed by atoms with E-state index in [4.69, 9.17) is 19.4 Å². The van der Waals surface area contributed by atoms with Crippen LogP contribution in [0.4, 0.5) is 0 Å². The summed E-state index contributed by atoms with van der Waals surface area (Å²) in [5.41, 5.74) is 16.8. The third-order valence-corrected chi connectivity index (χ3v) is 12.9. The number of hydrogen-bond donors (Lipinski definition) is 0. The Labute approximate surface area is 349 Å².